The predicted molar refractivity (Wildman–Crippen MR) is 72.9 cm³/mol. The quantitative estimate of drug-likeness (QED) is 0.535. The molecule has 2 rings (SSSR count). The van der Waals surface area contributed by atoms with Gasteiger partial charge in [0.05, 0.1) is 12.3 Å². The lowest BCUT2D eigenvalue weighted by Crippen LogP contribution is -2.30. The van der Waals surface area contributed by atoms with Crippen molar-refractivity contribution in [3.8, 4) is 0 Å². The van der Waals surface area contributed by atoms with Gasteiger partial charge in [-0.05, 0) is 29.8 Å². The monoisotopic (exact) mass is 284 g/mol. The van der Waals surface area contributed by atoms with Gasteiger partial charge in [-0.2, -0.15) is 0 Å². The van der Waals surface area contributed by atoms with Crippen LogP contribution in [0.1, 0.15) is 19.8 Å². The summed E-state index contributed by atoms with van der Waals surface area (Å²) < 4.78 is 1.73. The van der Waals surface area contributed by atoms with Crippen LogP contribution in [0.5, 0.6) is 0 Å². The lowest BCUT2D eigenvalue weighted by atomic mass is 10.5. The Hall–Kier alpha value is -1.15. The number of hydrogen-bond donors (Lipinski definition) is 1. The smallest absolute Gasteiger partial charge is 0.233 e. The lowest BCUT2D eigenvalue weighted by Gasteiger charge is -2.15. The highest BCUT2D eigenvalue weighted by atomic mass is 32.2. The Kier molecular flexibility index (Phi) is 5.15. The molecular weight excluding hydrogens is 264 g/mol. The van der Waals surface area contributed by atoms with Gasteiger partial charge in [0.2, 0.25) is 11.1 Å². The first-order valence-electron chi connectivity index (χ1n) is 6.57. The molecule has 0 radical (unpaired) electrons. The van der Waals surface area contributed by atoms with Gasteiger partial charge < -0.3 is 10.2 Å². The molecule has 7 nitrogen and oxygen atoms in total. The van der Waals surface area contributed by atoms with E-state index in [9.17, 15) is 4.79 Å². The third-order valence-electron chi connectivity index (χ3n) is 3.06. The fourth-order valence-electron chi connectivity index (χ4n) is 1.70. The molecule has 1 aromatic heterocycles. The van der Waals surface area contributed by atoms with E-state index in [1.807, 2.05) is 11.9 Å². The minimum absolute atomic E-state index is 0.147. The molecule has 1 N–H and O–H groups in total. The first-order valence-corrected chi connectivity index (χ1v) is 7.56. The van der Waals surface area contributed by atoms with Gasteiger partial charge in [-0.15, -0.1) is 5.10 Å². The molecule has 8 heteroatoms. The summed E-state index contributed by atoms with van der Waals surface area (Å²) in [6.45, 7) is 4.53. The van der Waals surface area contributed by atoms with Crippen LogP contribution in [0.25, 0.3) is 0 Å². The molecule has 106 valence electrons. The van der Waals surface area contributed by atoms with Crippen LogP contribution >= 0.6 is 11.8 Å². The van der Waals surface area contributed by atoms with Crippen molar-refractivity contribution in [2.24, 2.45) is 0 Å². The molecule has 1 saturated carbocycles. The Bertz CT molecular complexity index is 419. The molecule has 1 amide bonds. The second-order valence-corrected chi connectivity index (χ2v) is 5.51. The van der Waals surface area contributed by atoms with Gasteiger partial charge in [0, 0.05) is 19.6 Å². The van der Waals surface area contributed by atoms with Crippen molar-refractivity contribution in [2.75, 3.05) is 25.9 Å². The minimum Gasteiger partial charge on any atom is -0.342 e. The SMILES string of the molecule is CCNCCn1nnnc1SCC(=O)N(C)C1CC1. The van der Waals surface area contributed by atoms with Crippen molar-refractivity contribution >= 4 is 17.7 Å². The zero-order chi connectivity index (χ0) is 13.7. The fraction of sp³-hybridized carbons (Fsp3) is 0.818. The molecule has 1 fully saturated rings. The first-order chi connectivity index (χ1) is 9.22. The van der Waals surface area contributed by atoms with E-state index in [2.05, 4.69) is 27.8 Å². The lowest BCUT2D eigenvalue weighted by molar-refractivity contribution is -0.127. The zero-order valence-electron chi connectivity index (χ0n) is 11.4. The molecule has 1 heterocycles. The topological polar surface area (TPSA) is 75.9 Å². The van der Waals surface area contributed by atoms with Gasteiger partial charge >= 0.3 is 0 Å². The Morgan fingerprint density at radius 3 is 3.05 bits per heavy atom. The number of aromatic nitrogens is 4. The predicted octanol–water partition coefficient (Wildman–Crippen LogP) is -0.00450. The maximum absolute atomic E-state index is 11.9. The number of nitrogens with one attached hydrogen (secondary N) is 1. The first kappa shape index (κ1) is 14.3. The highest BCUT2D eigenvalue weighted by molar-refractivity contribution is 7.99. The van der Waals surface area contributed by atoms with Gasteiger partial charge in [-0.25, -0.2) is 4.68 Å². The third kappa shape index (κ3) is 4.17. The Labute approximate surface area is 117 Å². The second-order valence-electron chi connectivity index (χ2n) is 4.56. The van der Waals surface area contributed by atoms with Crippen molar-refractivity contribution in [1.82, 2.24) is 30.4 Å². The van der Waals surface area contributed by atoms with Crippen LogP contribution in [-0.2, 0) is 11.3 Å². The number of hydrogen-bond acceptors (Lipinski definition) is 6. The number of tetrazole rings is 1. The summed E-state index contributed by atoms with van der Waals surface area (Å²) in [7, 11) is 1.87. The Morgan fingerprint density at radius 1 is 1.58 bits per heavy atom. The minimum atomic E-state index is 0.147. The number of nitrogens with zero attached hydrogens (tertiary/aromatic N) is 5. The summed E-state index contributed by atoms with van der Waals surface area (Å²) in [6.07, 6.45) is 2.26. The van der Waals surface area contributed by atoms with E-state index in [0.29, 0.717) is 17.0 Å². The van der Waals surface area contributed by atoms with Crippen molar-refractivity contribution in [3.63, 3.8) is 0 Å². The van der Waals surface area contributed by atoms with E-state index in [0.717, 1.165) is 32.5 Å². The van der Waals surface area contributed by atoms with Gasteiger partial charge in [0.25, 0.3) is 0 Å². The van der Waals surface area contributed by atoms with Crippen LogP contribution in [0.4, 0.5) is 0 Å². The highest BCUT2D eigenvalue weighted by Crippen LogP contribution is 2.26. The molecular formula is C11H20N6OS. The summed E-state index contributed by atoms with van der Waals surface area (Å²) in [4.78, 5) is 13.7. The van der Waals surface area contributed by atoms with Crippen molar-refractivity contribution < 1.29 is 4.79 Å². The molecule has 1 aromatic rings. The molecule has 1 aliphatic rings. The van der Waals surface area contributed by atoms with E-state index >= 15 is 0 Å². The number of amides is 1. The van der Waals surface area contributed by atoms with Gasteiger partial charge in [-0.3, -0.25) is 4.79 Å². The maximum Gasteiger partial charge on any atom is 0.233 e. The summed E-state index contributed by atoms with van der Waals surface area (Å²) in [6, 6.07) is 0.456. The molecule has 0 atom stereocenters. The van der Waals surface area contributed by atoms with E-state index < -0.39 is 0 Å². The van der Waals surface area contributed by atoms with Crippen molar-refractivity contribution in [2.45, 2.75) is 37.5 Å². The van der Waals surface area contributed by atoms with E-state index in [-0.39, 0.29) is 5.91 Å². The maximum atomic E-state index is 11.9. The highest BCUT2D eigenvalue weighted by Gasteiger charge is 2.29. The van der Waals surface area contributed by atoms with Crippen LogP contribution in [0.15, 0.2) is 5.16 Å². The Balaban J connectivity index is 1.78. The zero-order valence-corrected chi connectivity index (χ0v) is 12.2. The molecule has 1 aliphatic carbocycles. The van der Waals surface area contributed by atoms with Crippen LogP contribution < -0.4 is 5.32 Å². The molecule has 0 unspecified atom stereocenters. The van der Waals surface area contributed by atoms with Gasteiger partial charge in [0.1, 0.15) is 0 Å². The third-order valence-corrected chi connectivity index (χ3v) is 4.00. The molecule has 0 bridgehead atoms. The van der Waals surface area contributed by atoms with E-state index in [1.54, 1.807) is 4.68 Å². The molecule has 0 saturated heterocycles. The standard InChI is InChI=1S/C11H20N6OS/c1-3-12-6-7-17-11(13-14-15-17)19-8-10(18)16(2)9-4-5-9/h9,12H,3-8H2,1-2H3. The number of carbonyl (C=O) groups excluding carboxylic acids is 1. The largest absolute Gasteiger partial charge is 0.342 e. The number of likely N-dealkylation sites (N-methyl/N-ethyl adjacent to an activating group) is 1. The molecule has 19 heavy (non-hydrogen) atoms. The van der Waals surface area contributed by atoms with Crippen LogP contribution in [0.3, 0.4) is 0 Å². The second kappa shape index (κ2) is 6.85. The van der Waals surface area contributed by atoms with Crippen LogP contribution in [0, 0.1) is 0 Å². The summed E-state index contributed by atoms with van der Waals surface area (Å²) in [5, 5.41) is 15.5. The summed E-state index contributed by atoms with van der Waals surface area (Å²) in [5.74, 6) is 0.544. The number of carbonyl (C=O) groups is 1. The number of rotatable bonds is 8. The van der Waals surface area contributed by atoms with Crippen molar-refractivity contribution in [3.05, 3.63) is 0 Å². The summed E-state index contributed by atoms with van der Waals surface area (Å²) in [5.41, 5.74) is 0. The van der Waals surface area contributed by atoms with E-state index in [1.165, 1.54) is 11.8 Å². The molecule has 0 aliphatic heterocycles. The van der Waals surface area contributed by atoms with Gasteiger partial charge in [0.15, 0.2) is 0 Å². The number of thioether (sulfide) groups is 1. The van der Waals surface area contributed by atoms with Crippen LogP contribution in [0.2, 0.25) is 0 Å². The molecule has 0 aromatic carbocycles. The average molecular weight is 284 g/mol. The molecule has 0 spiro atoms. The normalized spacial score (nSPS) is 14.6. The fourth-order valence-corrected chi connectivity index (χ4v) is 2.52. The average Bonchev–Trinajstić information content (AvgIpc) is 3.17. The summed E-state index contributed by atoms with van der Waals surface area (Å²) >= 11 is 1.40. The van der Waals surface area contributed by atoms with Crippen molar-refractivity contribution in [1.29, 1.82) is 0 Å². The Morgan fingerprint density at radius 2 is 2.37 bits per heavy atom. The van der Waals surface area contributed by atoms with Gasteiger partial charge in [-0.1, -0.05) is 18.7 Å². The van der Waals surface area contributed by atoms with E-state index in [4.69, 9.17) is 0 Å². The van der Waals surface area contributed by atoms with Crippen LogP contribution in [-0.4, -0.2) is 62.9 Å².